The number of rotatable bonds is 0. The molecular formula is C7H8N2O5S. The molecule has 0 aliphatic rings. The van der Waals surface area contributed by atoms with Crippen molar-refractivity contribution in [2.24, 2.45) is 0 Å². The molecule has 1 aromatic carbocycles. The van der Waals surface area contributed by atoms with Gasteiger partial charge in [0.2, 0.25) is 0 Å². The fourth-order valence-electron chi connectivity index (χ4n) is 0.946. The van der Waals surface area contributed by atoms with Gasteiger partial charge in [-0.05, 0) is 12.1 Å². The van der Waals surface area contributed by atoms with E-state index in [1.165, 1.54) is 6.33 Å². The molecule has 0 saturated heterocycles. The maximum absolute atomic E-state index is 9.07. The number of aromatic nitrogens is 2. The zero-order chi connectivity index (χ0) is 11.5. The van der Waals surface area contributed by atoms with E-state index in [0.29, 0.717) is 0 Å². The largest absolute Gasteiger partial charge is 0.427 e. The molecule has 1 aromatic heterocycles. The molecule has 2 rings (SSSR count). The first-order valence-corrected chi connectivity index (χ1v) is 5.09. The number of imidazole rings is 1. The van der Waals surface area contributed by atoms with Crippen LogP contribution in [-0.4, -0.2) is 32.4 Å². The summed E-state index contributed by atoms with van der Waals surface area (Å²) in [6.07, 6.45) is 1.38. The van der Waals surface area contributed by atoms with Gasteiger partial charge in [0.25, 0.3) is 0 Å². The van der Waals surface area contributed by atoms with Crippen molar-refractivity contribution >= 4 is 21.4 Å². The highest BCUT2D eigenvalue weighted by Gasteiger charge is 1.96. The molecule has 0 aliphatic carbocycles. The number of nitrogens with zero attached hydrogens (tertiary/aromatic N) is 2. The third-order valence-electron chi connectivity index (χ3n) is 1.43. The Kier molecular flexibility index (Phi) is 3.24. The van der Waals surface area contributed by atoms with Crippen molar-refractivity contribution in [2.75, 3.05) is 0 Å². The summed E-state index contributed by atoms with van der Waals surface area (Å²) in [6.45, 7) is 0. The van der Waals surface area contributed by atoms with Crippen molar-refractivity contribution in [1.82, 2.24) is 9.71 Å². The molecule has 0 amide bonds. The zero-order valence-corrected chi connectivity index (χ0v) is 8.16. The average molecular weight is 232 g/mol. The normalized spacial score (nSPS) is 10.8. The van der Waals surface area contributed by atoms with Crippen LogP contribution in [0.25, 0.3) is 11.0 Å². The Morgan fingerprint density at radius 1 is 1.20 bits per heavy atom. The molecule has 2 aromatic rings. The molecule has 82 valence electrons. The van der Waals surface area contributed by atoms with Gasteiger partial charge in [0.05, 0.1) is 5.52 Å². The molecule has 0 spiro atoms. The summed E-state index contributed by atoms with van der Waals surface area (Å²) in [4.78, 5) is 3.93. The Hall–Kier alpha value is -1.64. The van der Waals surface area contributed by atoms with Gasteiger partial charge in [-0.25, -0.2) is 4.98 Å². The third kappa shape index (κ3) is 3.94. The number of benzene rings is 1. The van der Waals surface area contributed by atoms with Crippen LogP contribution in [0.1, 0.15) is 0 Å². The SMILES string of the molecule is O=S(=O)(O)O.On1cnc2ccccc21. The summed E-state index contributed by atoms with van der Waals surface area (Å²) in [5, 5.41) is 9.07. The summed E-state index contributed by atoms with van der Waals surface area (Å²) in [5.41, 5.74) is 1.55. The second-order valence-electron chi connectivity index (χ2n) is 2.53. The minimum atomic E-state index is -4.67. The van der Waals surface area contributed by atoms with E-state index in [1.54, 1.807) is 0 Å². The Morgan fingerprint density at radius 3 is 2.27 bits per heavy atom. The van der Waals surface area contributed by atoms with Gasteiger partial charge in [-0.2, -0.15) is 13.1 Å². The van der Waals surface area contributed by atoms with E-state index in [-0.39, 0.29) is 0 Å². The first kappa shape index (κ1) is 11.4. The highest BCUT2D eigenvalue weighted by Crippen LogP contribution is 2.08. The summed E-state index contributed by atoms with van der Waals surface area (Å²) in [6, 6.07) is 7.40. The minimum Gasteiger partial charge on any atom is -0.427 e. The van der Waals surface area contributed by atoms with E-state index >= 15 is 0 Å². The number of para-hydroxylation sites is 2. The first-order chi connectivity index (χ1) is 6.88. The van der Waals surface area contributed by atoms with Gasteiger partial charge in [-0.3, -0.25) is 9.11 Å². The smallest absolute Gasteiger partial charge is 0.394 e. The van der Waals surface area contributed by atoms with E-state index < -0.39 is 10.4 Å². The van der Waals surface area contributed by atoms with E-state index in [2.05, 4.69) is 4.98 Å². The molecule has 15 heavy (non-hydrogen) atoms. The van der Waals surface area contributed by atoms with Crippen LogP contribution in [0.2, 0.25) is 0 Å². The van der Waals surface area contributed by atoms with Gasteiger partial charge in [0.1, 0.15) is 11.8 Å². The van der Waals surface area contributed by atoms with Crippen LogP contribution in [0.15, 0.2) is 30.6 Å². The summed E-state index contributed by atoms with van der Waals surface area (Å²) >= 11 is 0. The van der Waals surface area contributed by atoms with Crippen molar-refractivity contribution in [2.45, 2.75) is 0 Å². The zero-order valence-electron chi connectivity index (χ0n) is 7.35. The van der Waals surface area contributed by atoms with Crippen molar-refractivity contribution < 1.29 is 22.7 Å². The van der Waals surface area contributed by atoms with Crippen LogP contribution in [0.5, 0.6) is 0 Å². The molecule has 0 atom stereocenters. The molecule has 0 unspecified atom stereocenters. The molecule has 0 fully saturated rings. The summed E-state index contributed by atoms with van der Waals surface area (Å²) in [7, 11) is -4.67. The molecule has 3 N–H and O–H groups in total. The lowest BCUT2D eigenvalue weighted by Gasteiger charge is -1.88. The molecule has 0 bridgehead atoms. The molecule has 1 heterocycles. The van der Waals surface area contributed by atoms with E-state index in [0.717, 1.165) is 15.8 Å². The Balaban J connectivity index is 0.000000195. The average Bonchev–Trinajstić information content (AvgIpc) is 2.46. The second-order valence-corrected chi connectivity index (χ2v) is 3.42. The molecule has 8 heteroatoms. The van der Waals surface area contributed by atoms with E-state index in [9.17, 15) is 0 Å². The second kappa shape index (κ2) is 4.26. The van der Waals surface area contributed by atoms with E-state index in [1.807, 2.05) is 24.3 Å². The molecule has 0 saturated carbocycles. The lowest BCUT2D eigenvalue weighted by Crippen LogP contribution is -1.89. The van der Waals surface area contributed by atoms with Gasteiger partial charge in [0.15, 0.2) is 0 Å². The third-order valence-corrected chi connectivity index (χ3v) is 1.43. The van der Waals surface area contributed by atoms with Gasteiger partial charge in [-0.1, -0.05) is 12.1 Å². The molecule has 0 aliphatic heterocycles. The maximum atomic E-state index is 9.07. The van der Waals surface area contributed by atoms with Crippen LogP contribution in [0, 0.1) is 0 Å². The van der Waals surface area contributed by atoms with Crippen LogP contribution < -0.4 is 0 Å². The quantitative estimate of drug-likeness (QED) is 0.453. The van der Waals surface area contributed by atoms with Crippen LogP contribution in [-0.2, 0) is 10.4 Å². The molecular weight excluding hydrogens is 224 g/mol. The predicted octanol–water partition coefficient (Wildman–Crippen LogP) is 0.621. The highest BCUT2D eigenvalue weighted by atomic mass is 32.3. The topological polar surface area (TPSA) is 113 Å². The fraction of sp³-hybridized carbons (Fsp3) is 0. The van der Waals surface area contributed by atoms with Gasteiger partial charge in [-0.15, -0.1) is 0 Å². The predicted molar refractivity (Wildman–Crippen MR) is 51.1 cm³/mol. The van der Waals surface area contributed by atoms with Crippen LogP contribution in [0.3, 0.4) is 0 Å². The van der Waals surface area contributed by atoms with Crippen LogP contribution >= 0.6 is 0 Å². The van der Waals surface area contributed by atoms with Crippen molar-refractivity contribution in [3.63, 3.8) is 0 Å². The summed E-state index contributed by atoms with van der Waals surface area (Å²) in [5.74, 6) is 0. The van der Waals surface area contributed by atoms with Gasteiger partial charge < -0.3 is 5.21 Å². The standard InChI is InChI=1S/C7H6N2O.H2O4S/c10-9-5-8-6-3-1-2-4-7(6)9;1-5(2,3)4/h1-5,10H;(H2,1,2,3,4). The molecule has 0 radical (unpaired) electrons. The maximum Gasteiger partial charge on any atom is 0.394 e. The number of hydrogen-bond acceptors (Lipinski definition) is 4. The van der Waals surface area contributed by atoms with Gasteiger partial charge >= 0.3 is 10.4 Å². The number of fused-ring (bicyclic) bond motifs is 1. The fourth-order valence-corrected chi connectivity index (χ4v) is 0.946. The van der Waals surface area contributed by atoms with Gasteiger partial charge in [0, 0.05) is 0 Å². The Bertz CT molecular complexity index is 539. The Labute approximate surface area is 85.1 Å². The molecule has 7 nitrogen and oxygen atoms in total. The van der Waals surface area contributed by atoms with Crippen LogP contribution in [0.4, 0.5) is 0 Å². The summed E-state index contributed by atoms with van der Waals surface area (Å²) < 4.78 is 32.6. The lowest BCUT2D eigenvalue weighted by atomic mass is 10.3. The number of hydrogen-bond donors (Lipinski definition) is 3. The lowest BCUT2D eigenvalue weighted by molar-refractivity contribution is 0.198. The highest BCUT2D eigenvalue weighted by molar-refractivity contribution is 7.79. The van der Waals surface area contributed by atoms with Crippen molar-refractivity contribution in [1.29, 1.82) is 0 Å². The minimum absolute atomic E-state index is 0.738. The van der Waals surface area contributed by atoms with Crippen molar-refractivity contribution in [3.05, 3.63) is 30.6 Å². The van der Waals surface area contributed by atoms with Crippen molar-refractivity contribution in [3.8, 4) is 0 Å². The Morgan fingerprint density at radius 2 is 1.73 bits per heavy atom. The van der Waals surface area contributed by atoms with E-state index in [4.69, 9.17) is 22.7 Å². The monoisotopic (exact) mass is 232 g/mol. The first-order valence-electron chi connectivity index (χ1n) is 3.69.